The van der Waals surface area contributed by atoms with Crippen molar-refractivity contribution in [2.75, 3.05) is 0 Å². The van der Waals surface area contributed by atoms with Crippen LogP contribution in [0.1, 0.15) is 41.1 Å². The van der Waals surface area contributed by atoms with E-state index in [9.17, 15) is 9.18 Å². The third-order valence-corrected chi connectivity index (χ3v) is 4.13. The summed E-state index contributed by atoms with van der Waals surface area (Å²) in [6.45, 7) is 0.589. The van der Waals surface area contributed by atoms with Crippen molar-refractivity contribution in [3.8, 4) is 6.07 Å². The lowest BCUT2D eigenvalue weighted by atomic mass is 10.1. The number of nitrogens with zero attached hydrogens (tertiary/aromatic N) is 3. The Kier molecular flexibility index (Phi) is 4.47. The molecule has 1 aliphatic rings. The van der Waals surface area contributed by atoms with Crippen LogP contribution in [0, 0.1) is 17.1 Å². The third kappa shape index (κ3) is 3.54. The molecule has 2 N–H and O–H groups in total. The van der Waals surface area contributed by atoms with Crippen LogP contribution in [-0.4, -0.2) is 15.8 Å². The molecule has 2 amide bonds. The molecular weight excluding hydrogens is 309 g/mol. The molecule has 0 bridgehead atoms. The number of benzene rings is 1. The van der Waals surface area contributed by atoms with Gasteiger partial charge in [-0.05, 0) is 42.0 Å². The van der Waals surface area contributed by atoms with E-state index in [1.807, 2.05) is 13.2 Å². The van der Waals surface area contributed by atoms with Gasteiger partial charge in [0.25, 0.3) is 0 Å². The SMILES string of the molecule is Cn1ncc(C2CC2)c1CNC(=O)NCc1ccc(C#N)c(F)c1. The van der Waals surface area contributed by atoms with Gasteiger partial charge in [-0.15, -0.1) is 0 Å². The minimum Gasteiger partial charge on any atom is -0.334 e. The molecule has 6 nitrogen and oxygen atoms in total. The van der Waals surface area contributed by atoms with Crippen LogP contribution < -0.4 is 10.6 Å². The van der Waals surface area contributed by atoms with Gasteiger partial charge >= 0.3 is 6.03 Å². The largest absolute Gasteiger partial charge is 0.334 e. The summed E-state index contributed by atoms with van der Waals surface area (Å²) in [5, 5.41) is 18.4. The Balaban J connectivity index is 1.52. The number of aryl methyl sites for hydroxylation is 1. The van der Waals surface area contributed by atoms with E-state index in [1.54, 1.807) is 16.8 Å². The van der Waals surface area contributed by atoms with Crippen molar-refractivity contribution in [1.29, 1.82) is 5.26 Å². The fourth-order valence-corrected chi connectivity index (χ4v) is 2.60. The average Bonchev–Trinajstić information content (AvgIpc) is 3.35. The number of halogens is 1. The molecule has 3 rings (SSSR count). The molecule has 0 spiro atoms. The highest BCUT2D eigenvalue weighted by atomic mass is 19.1. The zero-order chi connectivity index (χ0) is 17.1. The molecule has 2 aromatic rings. The monoisotopic (exact) mass is 327 g/mol. The van der Waals surface area contributed by atoms with Crippen molar-refractivity contribution in [2.24, 2.45) is 7.05 Å². The van der Waals surface area contributed by atoms with Gasteiger partial charge in [0.05, 0.1) is 24.0 Å². The predicted molar refractivity (Wildman–Crippen MR) is 85.4 cm³/mol. The summed E-state index contributed by atoms with van der Waals surface area (Å²) in [5.74, 6) is -0.0126. The molecule has 7 heteroatoms. The number of nitrogens with one attached hydrogen (secondary N) is 2. The zero-order valence-corrected chi connectivity index (χ0v) is 13.3. The number of carbonyl (C=O) groups is 1. The molecule has 1 saturated carbocycles. The lowest BCUT2D eigenvalue weighted by molar-refractivity contribution is 0.240. The molecule has 0 unspecified atom stereocenters. The second-order valence-electron chi connectivity index (χ2n) is 5.91. The number of urea groups is 1. The summed E-state index contributed by atoms with van der Waals surface area (Å²) in [6.07, 6.45) is 4.22. The highest BCUT2D eigenvalue weighted by Gasteiger charge is 2.28. The van der Waals surface area contributed by atoms with E-state index in [1.165, 1.54) is 30.5 Å². The Morgan fingerprint density at radius 2 is 2.17 bits per heavy atom. The number of hydrogen-bond donors (Lipinski definition) is 2. The quantitative estimate of drug-likeness (QED) is 0.884. The Labute approximate surface area is 139 Å². The Morgan fingerprint density at radius 1 is 1.42 bits per heavy atom. The second kappa shape index (κ2) is 6.71. The standard InChI is InChI=1S/C17H18FN5O/c1-23-16(14(9-22-23)12-4-5-12)10-21-17(24)20-8-11-2-3-13(7-19)15(18)6-11/h2-3,6,9,12H,4-5,8,10H2,1H3,(H2,20,21,24). The maximum absolute atomic E-state index is 13.5. The first-order valence-electron chi connectivity index (χ1n) is 7.79. The van der Waals surface area contributed by atoms with E-state index in [2.05, 4.69) is 15.7 Å². The van der Waals surface area contributed by atoms with Crippen LogP contribution in [0.15, 0.2) is 24.4 Å². The van der Waals surface area contributed by atoms with Crippen LogP contribution in [0.4, 0.5) is 9.18 Å². The van der Waals surface area contributed by atoms with Crippen LogP contribution in [0.5, 0.6) is 0 Å². The fourth-order valence-electron chi connectivity index (χ4n) is 2.60. The highest BCUT2D eigenvalue weighted by Crippen LogP contribution is 2.41. The highest BCUT2D eigenvalue weighted by molar-refractivity contribution is 5.73. The van der Waals surface area contributed by atoms with Crippen molar-refractivity contribution >= 4 is 6.03 Å². The van der Waals surface area contributed by atoms with Gasteiger partial charge in [0.1, 0.15) is 11.9 Å². The molecule has 0 atom stereocenters. The van der Waals surface area contributed by atoms with E-state index in [0.717, 1.165) is 5.69 Å². The first-order chi connectivity index (χ1) is 11.6. The number of aromatic nitrogens is 2. The van der Waals surface area contributed by atoms with E-state index >= 15 is 0 Å². The molecule has 1 aromatic carbocycles. The van der Waals surface area contributed by atoms with Crippen molar-refractivity contribution in [2.45, 2.75) is 31.8 Å². The van der Waals surface area contributed by atoms with Crippen LogP contribution >= 0.6 is 0 Å². The van der Waals surface area contributed by atoms with Gasteiger partial charge in [-0.1, -0.05) is 6.07 Å². The fraction of sp³-hybridized carbons (Fsp3) is 0.353. The molecule has 1 fully saturated rings. The molecule has 0 aliphatic heterocycles. The minimum absolute atomic E-state index is 0.00739. The van der Waals surface area contributed by atoms with Gasteiger partial charge in [0.2, 0.25) is 0 Å². The Hall–Kier alpha value is -2.88. The molecule has 24 heavy (non-hydrogen) atoms. The lowest BCUT2D eigenvalue weighted by Gasteiger charge is -2.10. The van der Waals surface area contributed by atoms with Gasteiger partial charge in [-0.2, -0.15) is 10.4 Å². The summed E-state index contributed by atoms with van der Waals surface area (Å²) >= 11 is 0. The first-order valence-corrected chi connectivity index (χ1v) is 7.79. The van der Waals surface area contributed by atoms with Gasteiger partial charge < -0.3 is 10.6 Å². The average molecular weight is 327 g/mol. The smallest absolute Gasteiger partial charge is 0.315 e. The summed E-state index contributed by atoms with van der Waals surface area (Å²) in [6, 6.07) is 5.71. The molecule has 0 radical (unpaired) electrons. The van der Waals surface area contributed by atoms with E-state index in [-0.39, 0.29) is 18.1 Å². The number of nitriles is 1. The zero-order valence-electron chi connectivity index (χ0n) is 13.3. The molecule has 1 heterocycles. The van der Waals surface area contributed by atoms with Gasteiger partial charge in [-0.3, -0.25) is 4.68 Å². The van der Waals surface area contributed by atoms with Crippen molar-refractivity contribution in [3.05, 3.63) is 52.6 Å². The summed E-state index contributed by atoms with van der Waals surface area (Å²) in [7, 11) is 1.86. The minimum atomic E-state index is -0.582. The summed E-state index contributed by atoms with van der Waals surface area (Å²) < 4.78 is 15.3. The number of hydrogen-bond acceptors (Lipinski definition) is 3. The van der Waals surface area contributed by atoms with Crippen molar-refractivity contribution in [3.63, 3.8) is 0 Å². The molecule has 1 aliphatic carbocycles. The van der Waals surface area contributed by atoms with Crippen molar-refractivity contribution in [1.82, 2.24) is 20.4 Å². The summed E-state index contributed by atoms with van der Waals surface area (Å²) in [5.41, 5.74) is 2.80. The second-order valence-corrected chi connectivity index (χ2v) is 5.91. The molecular formula is C17H18FN5O. The normalized spacial score (nSPS) is 13.4. The van der Waals surface area contributed by atoms with Gasteiger partial charge in [0, 0.05) is 13.6 Å². The Morgan fingerprint density at radius 3 is 2.83 bits per heavy atom. The maximum Gasteiger partial charge on any atom is 0.315 e. The first kappa shape index (κ1) is 16.0. The van der Waals surface area contributed by atoms with Crippen molar-refractivity contribution < 1.29 is 9.18 Å². The van der Waals surface area contributed by atoms with Crippen LogP contribution in [-0.2, 0) is 20.1 Å². The molecule has 0 saturated heterocycles. The van der Waals surface area contributed by atoms with E-state index in [0.29, 0.717) is 18.0 Å². The lowest BCUT2D eigenvalue weighted by Crippen LogP contribution is -2.35. The van der Waals surface area contributed by atoms with Crippen LogP contribution in [0.25, 0.3) is 0 Å². The molecule has 124 valence electrons. The van der Waals surface area contributed by atoms with Crippen LogP contribution in [0.2, 0.25) is 0 Å². The topological polar surface area (TPSA) is 82.7 Å². The van der Waals surface area contributed by atoms with Gasteiger partial charge in [0.15, 0.2) is 0 Å². The number of amides is 2. The third-order valence-electron chi connectivity index (χ3n) is 4.13. The summed E-state index contributed by atoms with van der Waals surface area (Å²) in [4.78, 5) is 11.9. The maximum atomic E-state index is 13.5. The van der Waals surface area contributed by atoms with E-state index < -0.39 is 5.82 Å². The number of rotatable bonds is 5. The van der Waals surface area contributed by atoms with Crippen LogP contribution in [0.3, 0.4) is 0 Å². The van der Waals surface area contributed by atoms with Gasteiger partial charge in [-0.25, -0.2) is 9.18 Å². The van der Waals surface area contributed by atoms with E-state index in [4.69, 9.17) is 5.26 Å². The number of carbonyl (C=O) groups excluding carboxylic acids is 1. The molecule has 1 aromatic heterocycles. The predicted octanol–water partition coefficient (Wildman–Crippen LogP) is 2.31. The Bertz CT molecular complexity index is 804.